The number of pyridine rings is 2. The van der Waals surface area contributed by atoms with Crippen molar-refractivity contribution in [1.82, 2.24) is 49.2 Å². The summed E-state index contributed by atoms with van der Waals surface area (Å²) < 4.78 is 0. The smallest absolute Gasteiger partial charge is 0.354 e. The molecule has 0 saturated carbocycles. The third-order valence-electron chi connectivity index (χ3n) is 11.9. The lowest BCUT2D eigenvalue weighted by molar-refractivity contribution is -0.139. The van der Waals surface area contributed by atoms with Gasteiger partial charge in [0.2, 0.25) is 0 Å². The maximum Gasteiger partial charge on any atom is 0.354 e. The number of hydrogen-bond acceptors (Lipinski definition) is 16. The van der Waals surface area contributed by atoms with Gasteiger partial charge in [-0.15, -0.1) is 0 Å². The van der Waals surface area contributed by atoms with E-state index in [1.54, 1.807) is 24.3 Å². The summed E-state index contributed by atoms with van der Waals surface area (Å²) in [7, 11) is 0. The molecule has 0 amide bonds. The van der Waals surface area contributed by atoms with Crippen molar-refractivity contribution in [2.75, 3.05) is 131 Å². The monoisotopic (exact) mass is 948 g/mol. The van der Waals surface area contributed by atoms with Gasteiger partial charge in [-0.2, -0.15) is 0 Å². The maximum atomic E-state index is 12.0. The Morgan fingerprint density at radius 3 is 0.868 bits per heavy atom. The molecule has 2 saturated heterocycles. The van der Waals surface area contributed by atoms with Gasteiger partial charge in [0.25, 0.3) is 0 Å². The molecule has 2 fully saturated rings. The zero-order valence-electron chi connectivity index (χ0n) is 38.3. The molecule has 22 nitrogen and oxygen atoms in total. The highest BCUT2D eigenvalue weighted by atomic mass is 16.4. The average molecular weight is 949 g/mol. The van der Waals surface area contributed by atoms with Crippen LogP contribution in [0.1, 0.15) is 43.5 Å². The molecule has 370 valence electrons. The first-order chi connectivity index (χ1) is 32.6. The number of rotatable bonds is 18. The summed E-state index contributed by atoms with van der Waals surface area (Å²) in [5, 5.41) is 58.2. The highest BCUT2D eigenvalue weighted by Gasteiger charge is 2.23. The van der Waals surface area contributed by atoms with E-state index in [-0.39, 0.29) is 37.6 Å². The Bertz CT molecular complexity index is 1960. The Morgan fingerprint density at radius 2 is 0.603 bits per heavy atom. The van der Waals surface area contributed by atoms with Crippen LogP contribution in [0.5, 0.6) is 0 Å². The van der Waals surface area contributed by atoms with Crippen molar-refractivity contribution < 1.29 is 59.4 Å². The molecule has 68 heavy (non-hydrogen) atoms. The quantitative estimate of drug-likeness (QED) is 0.0983. The summed E-state index contributed by atoms with van der Waals surface area (Å²) in [5.74, 6) is -6.16. The van der Waals surface area contributed by atoms with E-state index in [2.05, 4.69) is 25.8 Å². The maximum absolute atomic E-state index is 12.0. The molecule has 0 aliphatic carbocycles. The second-order valence-electron chi connectivity index (χ2n) is 17.2. The lowest BCUT2D eigenvalue weighted by Gasteiger charge is -2.34. The summed E-state index contributed by atoms with van der Waals surface area (Å²) in [5.41, 5.74) is 2.88. The molecule has 2 aliphatic rings. The van der Waals surface area contributed by atoms with E-state index in [1.807, 2.05) is 47.6 Å². The van der Waals surface area contributed by atoms with Gasteiger partial charge in [0.05, 0.1) is 37.6 Å². The first-order valence-corrected chi connectivity index (χ1v) is 22.7. The van der Waals surface area contributed by atoms with E-state index < -0.39 is 35.8 Å². The molecule has 0 unspecified atom stereocenters. The zero-order chi connectivity index (χ0) is 49.0. The van der Waals surface area contributed by atoms with Gasteiger partial charge in [0.1, 0.15) is 11.4 Å². The molecule has 3 aromatic rings. The van der Waals surface area contributed by atoms with Crippen LogP contribution in [0.2, 0.25) is 0 Å². The molecule has 2 aromatic heterocycles. The highest BCUT2D eigenvalue weighted by Crippen LogP contribution is 2.15. The lowest BCUT2D eigenvalue weighted by atomic mass is 10.1. The summed E-state index contributed by atoms with van der Waals surface area (Å²) in [6.07, 6.45) is 0. The molecule has 6 N–H and O–H groups in total. The fraction of sp³-hybridized carbons (Fsp3) is 0.522. The van der Waals surface area contributed by atoms with Crippen molar-refractivity contribution in [3.05, 3.63) is 94.6 Å². The van der Waals surface area contributed by atoms with Crippen LogP contribution in [0.25, 0.3) is 0 Å². The molecule has 0 atom stereocenters. The van der Waals surface area contributed by atoms with Crippen LogP contribution in [0.15, 0.2) is 60.7 Å². The SMILES string of the molecule is O=C(O)CN1CCN(Cc2cccc(CN3CCN(CC(=O)O)CCN(Cc4cccc(C(=O)O)n4)CCN(CC(=O)O)CC3)c2)CCN(CC(=O)O)CCN(Cc2cccc(C(=O)O)n2)CC1. The van der Waals surface area contributed by atoms with Gasteiger partial charge < -0.3 is 30.6 Å². The number of carboxylic acid groups (broad SMARTS) is 6. The largest absolute Gasteiger partial charge is 0.480 e. The van der Waals surface area contributed by atoms with Crippen LogP contribution in [0.3, 0.4) is 0 Å². The Morgan fingerprint density at radius 1 is 0.353 bits per heavy atom. The Labute approximate surface area is 395 Å². The molecule has 4 heterocycles. The molecule has 22 heteroatoms. The second-order valence-corrected chi connectivity index (χ2v) is 17.2. The van der Waals surface area contributed by atoms with Crippen molar-refractivity contribution >= 4 is 35.8 Å². The van der Waals surface area contributed by atoms with E-state index in [9.17, 15) is 59.4 Å². The minimum Gasteiger partial charge on any atom is -0.480 e. The normalized spacial score (nSPS) is 18.4. The van der Waals surface area contributed by atoms with E-state index in [1.165, 1.54) is 12.1 Å². The van der Waals surface area contributed by atoms with E-state index in [4.69, 9.17) is 0 Å². The Kier molecular flexibility index (Phi) is 21.1. The van der Waals surface area contributed by atoms with Crippen LogP contribution in [-0.2, 0) is 45.4 Å². The second kappa shape index (κ2) is 27.1. The molecule has 1 aromatic carbocycles. The van der Waals surface area contributed by atoms with Crippen molar-refractivity contribution in [1.29, 1.82) is 0 Å². The molecule has 5 rings (SSSR count). The molecule has 0 radical (unpaired) electrons. The van der Waals surface area contributed by atoms with Crippen LogP contribution in [0, 0.1) is 0 Å². The third kappa shape index (κ3) is 19.3. The van der Waals surface area contributed by atoms with Crippen molar-refractivity contribution in [3.63, 3.8) is 0 Å². The number of aromatic nitrogens is 2. The van der Waals surface area contributed by atoms with Gasteiger partial charge in [-0.05, 0) is 35.4 Å². The van der Waals surface area contributed by atoms with Gasteiger partial charge >= 0.3 is 35.8 Å². The van der Waals surface area contributed by atoms with E-state index in [0.717, 1.165) is 11.1 Å². The first-order valence-electron chi connectivity index (χ1n) is 22.7. The number of carbonyl (C=O) groups is 6. The van der Waals surface area contributed by atoms with Crippen molar-refractivity contribution in [2.45, 2.75) is 26.2 Å². The molecule has 2 aliphatic heterocycles. The fourth-order valence-electron chi connectivity index (χ4n) is 8.36. The van der Waals surface area contributed by atoms with Crippen LogP contribution >= 0.6 is 0 Å². The van der Waals surface area contributed by atoms with Gasteiger partial charge in [0, 0.05) is 131 Å². The first kappa shape index (κ1) is 53.0. The zero-order valence-corrected chi connectivity index (χ0v) is 38.3. The number of nitrogens with zero attached hydrogens (tertiary/aromatic N) is 10. The number of aromatic carboxylic acids is 2. The summed E-state index contributed by atoms with van der Waals surface area (Å²) in [6, 6.07) is 17.6. The van der Waals surface area contributed by atoms with Gasteiger partial charge in [-0.3, -0.25) is 58.4 Å². The Hall–Kier alpha value is -5.98. The minimum absolute atomic E-state index is 0.0850. The van der Waals surface area contributed by atoms with Crippen LogP contribution in [0.4, 0.5) is 0 Å². The van der Waals surface area contributed by atoms with E-state index >= 15 is 0 Å². The number of hydrogen-bond donors (Lipinski definition) is 6. The molecular formula is C46H64N10O12. The highest BCUT2D eigenvalue weighted by molar-refractivity contribution is 5.85. The topological polar surface area (TPSA) is 276 Å². The summed E-state index contributed by atoms with van der Waals surface area (Å²) in [6.45, 7) is 7.89. The van der Waals surface area contributed by atoms with E-state index in [0.29, 0.717) is 142 Å². The number of carboxylic acids is 6. The predicted octanol–water partition coefficient (Wildman–Crippen LogP) is 0.0550. The predicted molar refractivity (Wildman–Crippen MR) is 246 cm³/mol. The van der Waals surface area contributed by atoms with Gasteiger partial charge in [-0.1, -0.05) is 36.4 Å². The van der Waals surface area contributed by atoms with Crippen LogP contribution in [-0.4, -0.2) is 247 Å². The lowest BCUT2D eigenvalue weighted by Crippen LogP contribution is -2.47. The average Bonchev–Trinajstić information content (AvgIpc) is 3.27. The molecule has 0 bridgehead atoms. The molecule has 0 spiro atoms. The molecular weight excluding hydrogens is 885 g/mol. The third-order valence-corrected chi connectivity index (χ3v) is 11.9. The summed E-state index contributed by atoms with van der Waals surface area (Å²) in [4.78, 5) is 95.6. The number of aliphatic carboxylic acids is 4. The minimum atomic E-state index is -1.15. The summed E-state index contributed by atoms with van der Waals surface area (Å²) >= 11 is 0. The van der Waals surface area contributed by atoms with Gasteiger partial charge in [0.15, 0.2) is 0 Å². The van der Waals surface area contributed by atoms with Crippen molar-refractivity contribution in [2.24, 2.45) is 0 Å². The fourth-order valence-corrected chi connectivity index (χ4v) is 8.36. The van der Waals surface area contributed by atoms with Crippen LogP contribution < -0.4 is 0 Å². The Balaban J connectivity index is 1.29. The standard InChI is InChI=1S/C46H64N10O12/c57-41(58)31-53-18-10-49(11-19-54(32-42(59)60)23-15-51(14-22-53)29-37-6-2-8-39(47-37)45(65)66)27-35-4-1-5-36(26-35)28-50-12-20-55(33-43(61)62)24-16-52(17-25-56(21-13-50)34-44(63)64)30-38-7-3-9-40(48-38)46(67)68/h1-9,26H,10-25,27-34H2,(H,57,58)(H,59,60)(H,61,62)(H,63,64)(H,65,66)(H,67,68). The van der Waals surface area contributed by atoms with Crippen molar-refractivity contribution in [3.8, 4) is 0 Å². The number of benzene rings is 1. The van der Waals surface area contributed by atoms with Gasteiger partial charge in [-0.25, -0.2) is 19.6 Å².